The number of aryl methyl sites for hydroxylation is 1. The normalized spacial score (nSPS) is 19.4. The molecule has 0 N–H and O–H groups in total. The van der Waals surface area contributed by atoms with Crippen molar-refractivity contribution in [3.63, 3.8) is 0 Å². The zero-order chi connectivity index (χ0) is 13.3. The number of nitrogens with zero attached hydrogens (tertiary/aromatic N) is 3. The third kappa shape index (κ3) is 2.31. The Morgan fingerprint density at radius 1 is 1.44 bits per heavy atom. The zero-order valence-corrected chi connectivity index (χ0v) is 11.3. The van der Waals surface area contributed by atoms with E-state index in [1.165, 1.54) is 0 Å². The second-order valence-corrected chi connectivity index (χ2v) is 5.19. The summed E-state index contributed by atoms with van der Waals surface area (Å²) in [6.07, 6.45) is 1.83. The number of rotatable bonds is 2. The van der Waals surface area contributed by atoms with Gasteiger partial charge in [-0.1, -0.05) is 0 Å². The van der Waals surface area contributed by atoms with E-state index in [9.17, 15) is 4.79 Å². The number of methoxy groups -OCH3 is 1. The smallest absolute Gasteiger partial charge is 0.256 e. The molecule has 5 heteroatoms. The van der Waals surface area contributed by atoms with E-state index in [-0.39, 0.29) is 11.3 Å². The summed E-state index contributed by atoms with van der Waals surface area (Å²) in [7, 11) is 5.46. The van der Waals surface area contributed by atoms with Gasteiger partial charge in [-0.3, -0.25) is 4.79 Å². The van der Waals surface area contributed by atoms with Crippen LogP contribution in [0.15, 0.2) is 23.3 Å². The molecule has 0 bridgehead atoms. The van der Waals surface area contributed by atoms with Crippen molar-refractivity contribution in [2.75, 3.05) is 27.2 Å². The maximum absolute atomic E-state index is 12.2. The molecule has 0 unspecified atom stereocenters. The number of carbonyl (C=O) groups excluding carboxylic acids is 1. The summed E-state index contributed by atoms with van der Waals surface area (Å²) in [5, 5.41) is 0. The van der Waals surface area contributed by atoms with Gasteiger partial charge in [0.15, 0.2) is 0 Å². The van der Waals surface area contributed by atoms with Crippen LogP contribution in [-0.2, 0) is 11.8 Å². The molecule has 2 rings (SSSR count). The van der Waals surface area contributed by atoms with Crippen molar-refractivity contribution >= 4 is 5.91 Å². The lowest BCUT2D eigenvalue weighted by Crippen LogP contribution is -2.56. The number of hydrogen-bond acceptors (Lipinski definition) is 3. The summed E-state index contributed by atoms with van der Waals surface area (Å²) < 4.78 is 6.95. The van der Waals surface area contributed by atoms with Crippen LogP contribution in [-0.4, -0.2) is 42.6 Å². The average Bonchev–Trinajstić information content (AvgIpc) is 2.30. The lowest BCUT2D eigenvalue weighted by molar-refractivity contribution is -0.135. The second-order valence-electron chi connectivity index (χ2n) is 5.19. The first-order chi connectivity index (χ1) is 8.44. The Hall–Kier alpha value is -1.62. The summed E-state index contributed by atoms with van der Waals surface area (Å²) in [6, 6.07) is 3.60. The summed E-state index contributed by atoms with van der Waals surface area (Å²) in [4.78, 5) is 18.5. The fourth-order valence-corrected chi connectivity index (χ4v) is 2.30. The number of amides is 1. The Balaban J connectivity index is 2.30. The molecule has 0 aliphatic carbocycles. The van der Waals surface area contributed by atoms with Crippen molar-refractivity contribution in [3.05, 3.63) is 23.8 Å². The van der Waals surface area contributed by atoms with Crippen LogP contribution in [0.2, 0.25) is 0 Å². The van der Waals surface area contributed by atoms with Crippen molar-refractivity contribution in [2.24, 2.45) is 17.5 Å². The van der Waals surface area contributed by atoms with Gasteiger partial charge in [0.1, 0.15) is 11.2 Å². The molecule has 0 radical (unpaired) electrons. The molecular weight excluding hydrogens is 230 g/mol. The van der Waals surface area contributed by atoms with Crippen LogP contribution < -0.4 is 10.2 Å². The number of likely N-dealkylation sites (tertiary alicyclic amines) is 1. The molecule has 2 heterocycles. The Labute approximate surface area is 107 Å². The van der Waals surface area contributed by atoms with E-state index in [0.29, 0.717) is 11.2 Å². The highest BCUT2D eigenvalue weighted by Crippen LogP contribution is 2.29. The Bertz CT molecular complexity index is 527. The maximum atomic E-state index is 12.2. The highest BCUT2D eigenvalue weighted by atomic mass is 16.5. The Morgan fingerprint density at radius 2 is 2.11 bits per heavy atom. The summed E-state index contributed by atoms with van der Waals surface area (Å²) in [6.45, 7) is 3.49. The average molecular weight is 249 g/mol. The highest BCUT2D eigenvalue weighted by molar-refractivity contribution is 5.84. The monoisotopic (exact) mass is 249 g/mol. The molecule has 0 spiro atoms. The maximum Gasteiger partial charge on any atom is 0.256 e. The summed E-state index contributed by atoms with van der Waals surface area (Å²) >= 11 is 0. The highest BCUT2D eigenvalue weighted by Gasteiger charge is 2.43. The van der Waals surface area contributed by atoms with E-state index in [1.807, 2.05) is 37.8 Å². The SMILES string of the molecule is COc1ccn(C)c(=NC(=O)C2(C)CN(C)C2)c1. The van der Waals surface area contributed by atoms with Crippen molar-refractivity contribution in [2.45, 2.75) is 6.92 Å². The molecule has 1 aromatic heterocycles. The fourth-order valence-electron chi connectivity index (χ4n) is 2.30. The van der Waals surface area contributed by atoms with Crippen molar-refractivity contribution in [1.82, 2.24) is 9.47 Å². The Kier molecular flexibility index (Phi) is 3.26. The van der Waals surface area contributed by atoms with Crippen molar-refractivity contribution in [3.8, 4) is 5.75 Å². The first-order valence-corrected chi connectivity index (χ1v) is 5.93. The molecule has 5 nitrogen and oxygen atoms in total. The summed E-state index contributed by atoms with van der Waals surface area (Å²) in [5.41, 5.74) is 0.278. The minimum Gasteiger partial charge on any atom is -0.497 e. The third-order valence-corrected chi connectivity index (χ3v) is 3.30. The number of carbonyl (C=O) groups is 1. The van der Waals surface area contributed by atoms with Crippen LogP contribution in [0.5, 0.6) is 5.75 Å². The molecule has 1 aliphatic heterocycles. The van der Waals surface area contributed by atoms with Crippen LogP contribution in [0, 0.1) is 5.41 Å². The van der Waals surface area contributed by atoms with Crippen molar-refractivity contribution in [1.29, 1.82) is 0 Å². The van der Waals surface area contributed by atoms with Gasteiger partial charge in [-0.2, -0.15) is 4.99 Å². The number of hydrogen-bond donors (Lipinski definition) is 0. The van der Waals surface area contributed by atoms with E-state index in [1.54, 1.807) is 13.2 Å². The van der Waals surface area contributed by atoms with Gasteiger partial charge in [0, 0.05) is 32.4 Å². The zero-order valence-electron chi connectivity index (χ0n) is 11.3. The van der Waals surface area contributed by atoms with Gasteiger partial charge >= 0.3 is 0 Å². The molecule has 1 aromatic rings. The molecule has 18 heavy (non-hydrogen) atoms. The topological polar surface area (TPSA) is 46.8 Å². The first-order valence-electron chi connectivity index (χ1n) is 5.93. The lowest BCUT2D eigenvalue weighted by atomic mass is 9.82. The minimum atomic E-state index is -0.342. The molecule has 1 fully saturated rings. The van der Waals surface area contributed by atoms with Gasteiger partial charge in [-0.15, -0.1) is 0 Å². The quantitative estimate of drug-likeness (QED) is 0.763. The van der Waals surface area contributed by atoms with E-state index < -0.39 is 0 Å². The minimum absolute atomic E-state index is 0.0653. The van der Waals surface area contributed by atoms with Gasteiger partial charge in [0.2, 0.25) is 0 Å². The van der Waals surface area contributed by atoms with E-state index >= 15 is 0 Å². The van der Waals surface area contributed by atoms with Gasteiger partial charge < -0.3 is 14.2 Å². The van der Waals surface area contributed by atoms with Gasteiger partial charge in [0.05, 0.1) is 12.5 Å². The van der Waals surface area contributed by atoms with Gasteiger partial charge in [-0.25, -0.2) is 0 Å². The standard InChI is InChI=1S/C13H19N3O2/c1-13(8-15(2)9-13)12(17)14-11-7-10(18-4)5-6-16(11)3/h5-7H,8-9H2,1-4H3. The summed E-state index contributed by atoms with van der Waals surface area (Å²) in [5.74, 6) is 0.639. The molecule has 1 amide bonds. The van der Waals surface area contributed by atoms with E-state index in [2.05, 4.69) is 9.89 Å². The predicted molar refractivity (Wildman–Crippen MR) is 68.1 cm³/mol. The number of ether oxygens (including phenoxy) is 1. The molecule has 0 saturated carbocycles. The third-order valence-electron chi connectivity index (χ3n) is 3.30. The number of pyridine rings is 1. The fraction of sp³-hybridized carbons (Fsp3) is 0.538. The predicted octanol–water partition coefficient (Wildman–Crippen LogP) is 0.413. The lowest BCUT2D eigenvalue weighted by Gasteiger charge is -2.43. The van der Waals surface area contributed by atoms with Gasteiger partial charge in [-0.05, 0) is 20.0 Å². The molecular formula is C13H19N3O2. The van der Waals surface area contributed by atoms with E-state index in [0.717, 1.165) is 13.1 Å². The van der Waals surface area contributed by atoms with Gasteiger partial charge in [0.25, 0.3) is 5.91 Å². The van der Waals surface area contributed by atoms with Crippen LogP contribution in [0.3, 0.4) is 0 Å². The first kappa shape index (κ1) is 12.8. The molecule has 98 valence electrons. The van der Waals surface area contributed by atoms with Crippen LogP contribution in [0.1, 0.15) is 6.92 Å². The van der Waals surface area contributed by atoms with Crippen molar-refractivity contribution < 1.29 is 9.53 Å². The molecule has 0 aromatic carbocycles. The van der Waals surface area contributed by atoms with E-state index in [4.69, 9.17) is 4.74 Å². The molecule has 1 saturated heterocycles. The van der Waals surface area contributed by atoms with Crippen LogP contribution >= 0.6 is 0 Å². The largest absolute Gasteiger partial charge is 0.497 e. The number of aromatic nitrogens is 1. The van der Waals surface area contributed by atoms with Crippen LogP contribution in [0.25, 0.3) is 0 Å². The second kappa shape index (κ2) is 4.57. The van der Waals surface area contributed by atoms with Crippen LogP contribution in [0.4, 0.5) is 0 Å². The Morgan fingerprint density at radius 3 is 2.67 bits per heavy atom. The molecule has 0 atom stereocenters. The molecule has 1 aliphatic rings.